The Morgan fingerprint density at radius 2 is 2.26 bits per heavy atom. The van der Waals surface area contributed by atoms with Gasteiger partial charge in [0.05, 0.1) is 0 Å². The average molecular weight is 325 g/mol. The van der Waals surface area contributed by atoms with E-state index in [1.807, 2.05) is 0 Å². The van der Waals surface area contributed by atoms with Crippen LogP contribution in [0.5, 0.6) is 0 Å². The number of halogens is 1. The maximum Gasteiger partial charge on any atom is 0.0428 e. The van der Waals surface area contributed by atoms with E-state index in [1.165, 1.54) is 41.5 Å². The summed E-state index contributed by atoms with van der Waals surface area (Å²) in [5.41, 5.74) is 2.82. The molecule has 0 saturated carbocycles. The lowest BCUT2D eigenvalue weighted by Crippen LogP contribution is -2.29. The summed E-state index contributed by atoms with van der Waals surface area (Å²) in [6.45, 7) is 9.08. The monoisotopic (exact) mass is 324 g/mol. The Balaban J connectivity index is 2.27. The van der Waals surface area contributed by atoms with E-state index < -0.39 is 0 Å². The maximum absolute atomic E-state index is 3.62. The van der Waals surface area contributed by atoms with Gasteiger partial charge in [0.2, 0.25) is 0 Å². The number of hydrogen-bond acceptors (Lipinski definition) is 2. The van der Waals surface area contributed by atoms with E-state index in [0.29, 0.717) is 12.1 Å². The van der Waals surface area contributed by atoms with Crippen LogP contribution in [0.4, 0.5) is 5.69 Å². The molecule has 0 aliphatic carbocycles. The molecule has 2 unspecified atom stereocenters. The molecule has 1 heterocycles. The molecule has 0 aromatic heterocycles. The SMILES string of the molecule is CCCNC(C)c1ccc(Br)cc1N1CCCC1C. The summed E-state index contributed by atoms with van der Waals surface area (Å²) >= 11 is 3.62. The van der Waals surface area contributed by atoms with E-state index in [4.69, 9.17) is 0 Å². The van der Waals surface area contributed by atoms with Crippen molar-refractivity contribution in [3.63, 3.8) is 0 Å². The van der Waals surface area contributed by atoms with Crippen LogP contribution >= 0.6 is 15.9 Å². The first-order valence-electron chi connectivity index (χ1n) is 7.43. The zero-order valence-corrected chi connectivity index (χ0v) is 13.8. The summed E-state index contributed by atoms with van der Waals surface area (Å²) < 4.78 is 1.17. The molecule has 2 rings (SSSR count). The van der Waals surface area contributed by atoms with Crippen molar-refractivity contribution in [3.8, 4) is 0 Å². The number of anilines is 1. The summed E-state index contributed by atoms with van der Waals surface area (Å²) in [5, 5.41) is 3.60. The highest BCUT2D eigenvalue weighted by Crippen LogP contribution is 2.34. The van der Waals surface area contributed by atoms with Crippen molar-refractivity contribution in [2.24, 2.45) is 0 Å². The Bertz CT molecular complexity index is 419. The summed E-state index contributed by atoms with van der Waals surface area (Å²) in [5.74, 6) is 0. The number of rotatable bonds is 5. The van der Waals surface area contributed by atoms with Crippen molar-refractivity contribution in [2.75, 3.05) is 18.0 Å². The topological polar surface area (TPSA) is 15.3 Å². The van der Waals surface area contributed by atoms with Crippen molar-refractivity contribution in [3.05, 3.63) is 28.2 Å². The van der Waals surface area contributed by atoms with E-state index >= 15 is 0 Å². The van der Waals surface area contributed by atoms with Crippen LogP contribution in [0.15, 0.2) is 22.7 Å². The molecule has 1 saturated heterocycles. The molecule has 0 bridgehead atoms. The summed E-state index contributed by atoms with van der Waals surface area (Å²) in [6, 6.07) is 7.77. The zero-order valence-electron chi connectivity index (χ0n) is 12.2. The third-order valence-electron chi connectivity index (χ3n) is 4.02. The van der Waals surface area contributed by atoms with Crippen LogP contribution < -0.4 is 10.2 Å². The average Bonchev–Trinajstić information content (AvgIpc) is 2.82. The highest BCUT2D eigenvalue weighted by molar-refractivity contribution is 9.10. The predicted octanol–water partition coefficient (Wildman–Crippen LogP) is 4.50. The van der Waals surface area contributed by atoms with Crippen molar-refractivity contribution in [1.82, 2.24) is 5.32 Å². The minimum Gasteiger partial charge on any atom is -0.369 e. The molecule has 19 heavy (non-hydrogen) atoms. The Hall–Kier alpha value is -0.540. The van der Waals surface area contributed by atoms with E-state index in [0.717, 1.165) is 6.54 Å². The molecular formula is C16H25BrN2. The quantitative estimate of drug-likeness (QED) is 0.857. The second-order valence-corrected chi connectivity index (χ2v) is 6.48. The van der Waals surface area contributed by atoms with Gasteiger partial charge in [-0.15, -0.1) is 0 Å². The number of benzene rings is 1. The van der Waals surface area contributed by atoms with E-state index in [-0.39, 0.29) is 0 Å². The molecule has 1 N–H and O–H groups in total. The molecule has 1 aromatic carbocycles. The Labute approximate surface area is 125 Å². The largest absolute Gasteiger partial charge is 0.369 e. The highest BCUT2D eigenvalue weighted by atomic mass is 79.9. The lowest BCUT2D eigenvalue weighted by Gasteiger charge is -2.29. The number of nitrogens with zero attached hydrogens (tertiary/aromatic N) is 1. The van der Waals surface area contributed by atoms with E-state index in [9.17, 15) is 0 Å². The lowest BCUT2D eigenvalue weighted by atomic mass is 10.0. The van der Waals surface area contributed by atoms with Crippen LogP contribution in [0.1, 0.15) is 51.6 Å². The first-order valence-corrected chi connectivity index (χ1v) is 8.22. The first kappa shape index (κ1) is 14.9. The fourth-order valence-electron chi connectivity index (χ4n) is 2.89. The minimum absolute atomic E-state index is 0.413. The van der Waals surface area contributed by atoms with Gasteiger partial charge in [-0.25, -0.2) is 0 Å². The molecule has 3 heteroatoms. The predicted molar refractivity (Wildman–Crippen MR) is 86.9 cm³/mol. The van der Waals surface area contributed by atoms with Gasteiger partial charge in [-0.3, -0.25) is 0 Å². The van der Waals surface area contributed by atoms with Crippen LogP contribution in [0, 0.1) is 0 Å². The third kappa shape index (κ3) is 3.51. The second-order valence-electron chi connectivity index (χ2n) is 5.56. The van der Waals surface area contributed by atoms with Gasteiger partial charge in [0.25, 0.3) is 0 Å². The van der Waals surface area contributed by atoms with E-state index in [1.54, 1.807) is 0 Å². The molecule has 1 aliphatic rings. The number of nitrogens with one attached hydrogen (secondary N) is 1. The zero-order chi connectivity index (χ0) is 13.8. The van der Waals surface area contributed by atoms with Crippen LogP contribution in [0.25, 0.3) is 0 Å². The standard InChI is InChI=1S/C16H25BrN2/c1-4-9-18-13(3)15-8-7-14(17)11-16(15)19-10-5-6-12(19)2/h7-8,11-13,18H,4-6,9-10H2,1-3H3. The first-order chi connectivity index (χ1) is 9.13. The molecular weight excluding hydrogens is 300 g/mol. The Morgan fingerprint density at radius 3 is 2.89 bits per heavy atom. The smallest absolute Gasteiger partial charge is 0.0428 e. The second kappa shape index (κ2) is 6.76. The molecule has 1 aromatic rings. The number of hydrogen-bond donors (Lipinski definition) is 1. The third-order valence-corrected chi connectivity index (χ3v) is 4.52. The lowest BCUT2D eigenvalue weighted by molar-refractivity contribution is 0.568. The van der Waals surface area contributed by atoms with Crippen LogP contribution in [0.2, 0.25) is 0 Å². The molecule has 0 amide bonds. The van der Waals surface area contributed by atoms with Gasteiger partial charge in [0.1, 0.15) is 0 Å². The Kier molecular flexibility index (Phi) is 5.28. The molecule has 0 spiro atoms. The maximum atomic E-state index is 3.62. The van der Waals surface area contributed by atoms with Gasteiger partial charge >= 0.3 is 0 Å². The van der Waals surface area contributed by atoms with E-state index in [2.05, 4.69) is 65.1 Å². The van der Waals surface area contributed by atoms with Gasteiger partial charge in [0.15, 0.2) is 0 Å². The van der Waals surface area contributed by atoms with Crippen LogP contribution in [-0.2, 0) is 0 Å². The fourth-order valence-corrected chi connectivity index (χ4v) is 3.24. The molecule has 1 fully saturated rings. The molecule has 106 valence electrons. The molecule has 2 nitrogen and oxygen atoms in total. The van der Waals surface area contributed by atoms with Gasteiger partial charge in [-0.05, 0) is 57.4 Å². The van der Waals surface area contributed by atoms with Crippen LogP contribution in [0.3, 0.4) is 0 Å². The van der Waals surface area contributed by atoms with Gasteiger partial charge in [0, 0.05) is 28.8 Å². The normalized spacial score (nSPS) is 20.8. The minimum atomic E-state index is 0.413. The van der Waals surface area contributed by atoms with Crippen molar-refractivity contribution in [2.45, 2.75) is 52.1 Å². The van der Waals surface area contributed by atoms with Gasteiger partial charge in [-0.1, -0.05) is 28.9 Å². The van der Waals surface area contributed by atoms with Gasteiger partial charge in [-0.2, -0.15) is 0 Å². The van der Waals surface area contributed by atoms with Crippen molar-refractivity contribution >= 4 is 21.6 Å². The van der Waals surface area contributed by atoms with Crippen molar-refractivity contribution in [1.29, 1.82) is 0 Å². The summed E-state index contributed by atoms with van der Waals surface area (Å²) in [7, 11) is 0. The highest BCUT2D eigenvalue weighted by Gasteiger charge is 2.24. The molecule has 1 aliphatic heterocycles. The summed E-state index contributed by atoms with van der Waals surface area (Å²) in [4.78, 5) is 2.56. The summed E-state index contributed by atoms with van der Waals surface area (Å²) in [6.07, 6.45) is 3.79. The molecule has 2 atom stereocenters. The van der Waals surface area contributed by atoms with Crippen molar-refractivity contribution < 1.29 is 0 Å². The van der Waals surface area contributed by atoms with Gasteiger partial charge < -0.3 is 10.2 Å². The molecule has 0 radical (unpaired) electrons. The Morgan fingerprint density at radius 1 is 1.47 bits per heavy atom. The van der Waals surface area contributed by atoms with Crippen LogP contribution in [-0.4, -0.2) is 19.1 Å². The fraction of sp³-hybridized carbons (Fsp3) is 0.625.